The van der Waals surface area contributed by atoms with Crippen LogP contribution >= 0.6 is 0 Å². The zero-order chi connectivity index (χ0) is 14.2. The summed E-state index contributed by atoms with van der Waals surface area (Å²) in [7, 11) is 1.50. The van der Waals surface area contributed by atoms with E-state index in [4.69, 9.17) is 9.52 Å². The Morgan fingerprint density at radius 2 is 2.11 bits per heavy atom. The van der Waals surface area contributed by atoms with Crippen molar-refractivity contribution in [2.75, 3.05) is 18.5 Å². The molecule has 0 amide bonds. The van der Waals surface area contributed by atoms with Crippen LogP contribution in [0.15, 0.2) is 27.4 Å². The molecule has 1 heterocycles. The average Bonchev–Trinajstić information content (AvgIpc) is 2.26. The number of phenols is 1. The molecule has 0 unspecified atom stereocenters. The Kier molecular flexibility index (Phi) is 3.16. The minimum atomic E-state index is -1.05. The lowest BCUT2D eigenvalue weighted by Crippen LogP contribution is -2.25. The number of phenolic OH excluding ortho intramolecular Hbond substituents is 1. The summed E-state index contributed by atoms with van der Waals surface area (Å²) in [5.74, 6) is -1.18. The number of carboxylic acids is 1. The molecule has 0 aliphatic heterocycles. The first-order chi connectivity index (χ1) is 8.90. The maximum atomic E-state index is 11.4. The van der Waals surface area contributed by atoms with Crippen molar-refractivity contribution in [2.45, 2.75) is 6.92 Å². The van der Waals surface area contributed by atoms with E-state index < -0.39 is 11.6 Å². The number of likely N-dealkylation sites (N-methyl/N-ethyl adjacent to an activating group) is 1. The summed E-state index contributed by atoms with van der Waals surface area (Å²) in [6.45, 7) is 1.43. The first-order valence-corrected chi connectivity index (χ1v) is 5.59. The summed E-state index contributed by atoms with van der Waals surface area (Å²) < 4.78 is 5.11. The van der Waals surface area contributed by atoms with Crippen molar-refractivity contribution >= 4 is 22.6 Å². The van der Waals surface area contributed by atoms with Gasteiger partial charge >= 0.3 is 11.6 Å². The number of carbonyl (C=O) groups is 1. The number of nitrogens with zero attached hydrogens (tertiary/aromatic N) is 1. The summed E-state index contributed by atoms with van der Waals surface area (Å²) in [4.78, 5) is 23.5. The highest BCUT2D eigenvalue weighted by Crippen LogP contribution is 2.35. The monoisotopic (exact) mass is 263 g/mol. The van der Waals surface area contributed by atoms with Gasteiger partial charge in [-0.05, 0) is 24.6 Å². The number of hydrogen-bond acceptors (Lipinski definition) is 5. The van der Waals surface area contributed by atoms with Crippen LogP contribution in [0.25, 0.3) is 11.0 Å². The molecule has 0 saturated heterocycles. The van der Waals surface area contributed by atoms with Gasteiger partial charge in [-0.25, -0.2) is 4.79 Å². The minimum absolute atomic E-state index is 0.134. The quantitative estimate of drug-likeness (QED) is 0.812. The predicted octanol–water partition coefficient (Wildman–Crippen LogP) is 1.33. The number of benzene rings is 1. The van der Waals surface area contributed by atoms with Gasteiger partial charge in [0.15, 0.2) is 5.58 Å². The van der Waals surface area contributed by atoms with Crippen LogP contribution < -0.4 is 10.5 Å². The van der Waals surface area contributed by atoms with Gasteiger partial charge in [-0.2, -0.15) is 0 Å². The Bertz CT molecular complexity index is 704. The highest BCUT2D eigenvalue weighted by Gasteiger charge is 2.17. The summed E-state index contributed by atoms with van der Waals surface area (Å²) in [5, 5.41) is 19.3. The Morgan fingerprint density at radius 3 is 2.74 bits per heavy atom. The lowest BCUT2D eigenvalue weighted by atomic mass is 10.1. The van der Waals surface area contributed by atoms with Gasteiger partial charge < -0.3 is 19.5 Å². The summed E-state index contributed by atoms with van der Waals surface area (Å²) in [6.07, 6.45) is 0. The maximum Gasteiger partial charge on any atom is 0.336 e. The second-order valence-electron chi connectivity index (χ2n) is 4.31. The van der Waals surface area contributed by atoms with E-state index in [0.29, 0.717) is 10.9 Å². The molecule has 6 heteroatoms. The number of anilines is 1. The number of rotatable bonds is 3. The van der Waals surface area contributed by atoms with E-state index >= 15 is 0 Å². The van der Waals surface area contributed by atoms with E-state index in [0.717, 1.165) is 0 Å². The van der Waals surface area contributed by atoms with E-state index in [1.54, 1.807) is 13.0 Å². The standard InChI is InChI=1S/C13H13NO5/c1-7-5-11(18)19-13-8(7)3-4-9(15)12(13)14(2)6-10(16)17/h3-5,15H,6H2,1-2H3,(H,16,17). The summed E-state index contributed by atoms with van der Waals surface area (Å²) >= 11 is 0. The molecule has 6 nitrogen and oxygen atoms in total. The van der Waals surface area contributed by atoms with Gasteiger partial charge in [0.25, 0.3) is 0 Å². The van der Waals surface area contributed by atoms with Gasteiger partial charge in [0, 0.05) is 18.5 Å². The Labute approximate surface area is 108 Å². The largest absolute Gasteiger partial charge is 0.506 e. The average molecular weight is 263 g/mol. The third-order valence-corrected chi connectivity index (χ3v) is 2.83. The van der Waals surface area contributed by atoms with Crippen LogP contribution in [0.3, 0.4) is 0 Å². The van der Waals surface area contributed by atoms with Crippen LogP contribution in [0.5, 0.6) is 5.75 Å². The molecule has 1 aromatic heterocycles. The van der Waals surface area contributed by atoms with Crippen molar-refractivity contribution in [1.82, 2.24) is 0 Å². The topological polar surface area (TPSA) is 91.0 Å². The minimum Gasteiger partial charge on any atom is -0.506 e. The molecule has 2 aromatic rings. The van der Waals surface area contributed by atoms with Gasteiger partial charge in [0.05, 0.1) is 0 Å². The third kappa shape index (κ3) is 2.37. The molecule has 2 rings (SSSR count). The second-order valence-corrected chi connectivity index (χ2v) is 4.31. The van der Waals surface area contributed by atoms with Crippen molar-refractivity contribution in [3.63, 3.8) is 0 Å². The molecule has 0 aliphatic carbocycles. The molecule has 0 aliphatic rings. The van der Waals surface area contributed by atoms with Crippen molar-refractivity contribution in [3.05, 3.63) is 34.2 Å². The normalized spacial score (nSPS) is 10.6. The van der Waals surface area contributed by atoms with Gasteiger partial charge in [0.2, 0.25) is 0 Å². The lowest BCUT2D eigenvalue weighted by molar-refractivity contribution is -0.135. The summed E-state index contributed by atoms with van der Waals surface area (Å²) in [5.41, 5.74) is 0.547. The highest BCUT2D eigenvalue weighted by molar-refractivity contribution is 5.95. The van der Waals surface area contributed by atoms with Crippen molar-refractivity contribution < 1.29 is 19.4 Å². The number of aliphatic carboxylic acids is 1. The van der Waals surface area contributed by atoms with E-state index in [1.807, 2.05) is 0 Å². The molecule has 0 saturated carbocycles. The van der Waals surface area contributed by atoms with Crippen molar-refractivity contribution in [2.24, 2.45) is 0 Å². The van der Waals surface area contributed by atoms with E-state index in [1.165, 1.54) is 24.1 Å². The van der Waals surface area contributed by atoms with Gasteiger partial charge in [-0.15, -0.1) is 0 Å². The zero-order valence-electron chi connectivity index (χ0n) is 10.5. The summed E-state index contributed by atoms with van der Waals surface area (Å²) in [6, 6.07) is 4.42. The predicted molar refractivity (Wildman–Crippen MR) is 69.8 cm³/mol. The maximum absolute atomic E-state index is 11.4. The second kappa shape index (κ2) is 4.64. The molecule has 100 valence electrons. The van der Waals surface area contributed by atoms with Crippen molar-refractivity contribution in [3.8, 4) is 5.75 Å². The van der Waals surface area contributed by atoms with Crippen LogP contribution in [0.1, 0.15) is 5.56 Å². The fourth-order valence-corrected chi connectivity index (χ4v) is 2.01. The number of hydrogen-bond donors (Lipinski definition) is 2. The number of carboxylic acid groups (broad SMARTS) is 1. The number of aryl methyl sites for hydroxylation is 1. The molecule has 1 aromatic carbocycles. The van der Waals surface area contributed by atoms with Crippen LogP contribution in [0.2, 0.25) is 0 Å². The van der Waals surface area contributed by atoms with E-state index in [9.17, 15) is 14.7 Å². The molecule has 0 fully saturated rings. The molecule has 0 spiro atoms. The van der Waals surface area contributed by atoms with Crippen LogP contribution in [0, 0.1) is 6.92 Å². The van der Waals surface area contributed by atoms with Crippen molar-refractivity contribution in [1.29, 1.82) is 0 Å². The molecule has 19 heavy (non-hydrogen) atoms. The van der Waals surface area contributed by atoms with Gasteiger partial charge in [0.1, 0.15) is 18.0 Å². The Morgan fingerprint density at radius 1 is 1.42 bits per heavy atom. The Balaban J connectivity index is 2.74. The van der Waals surface area contributed by atoms with Gasteiger partial charge in [-0.1, -0.05) is 0 Å². The van der Waals surface area contributed by atoms with Gasteiger partial charge in [-0.3, -0.25) is 4.79 Å². The SMILES string of the molecule is Cc1cc(=O)oc2c(N(C)CC(=O)O)c(O)ccc12. The van der Waals surface area contributed by atoms with Crippen LogP contribution in [0.4, 0.5) is 5.69 Å². The fourth-order valence-electron chi connectivity index (χ4n) is 2.01. The molecule has 0 radical (unpaired) electrons. The molecular formula is C13H13NO5. The molecule has 0 bridgehead atoms. The van der Waals surface area contributed by atoms with E-state index in [2.05, 4.69) is 0 Å². The number of aromatic hydroxyl groups is 1. The zero-order valence-corrected chi connectivity index (χ0v) is 10.5. The Hall–Kier alpha value is -2.50. The molecule has 2 N–H and O–H groups in total. The molecule has 0 atom stereocenters. The first-order valence-electron chi connectivity index (χ1n) is 5.59. The highest BCUT2D eigenvalue weighted by atomic mass is 16.4. The van der Waals surface area contributed by atoms with Crippen LogP contribution in [-0.4, -0.2) is 29.8 Å². The smallest absolute Gasteiger partial charge is 0.336 e. The number of fused-ring (bicyclic) bond motifs is 1. The fraction of sp³-hybridized carbons (Fsp3) is 0.231. The van der Waals surface area contributed by atoms with E-state index in [-0.39, 0.29) is 23.6 Å². The molecular weight excluding hydrogens is 250 g/mol. The lowest BCUT2D eigenvalue weighted by Gasteiger charge is -2.19. The third-order valence-electron chi connectivity index (χ3n) is 2.83. The van der Waals surface area contributed by atoms with Crippen LogP contribution in [-0.2, 0) is 4.79 Å². The first kappa shape index (κ1) is 12.9.